The zero-order valence-electron chi connectivity index (χ0n) is 14.6. The van der Waals surface area contributed by atoms with Crippen LogP contribution in [0.3, 0.4) is 0 Å². The first-order valence-electron chi connectivity index (χ1n) is 8.86. The molecule has 1 fully saturated rings. The van der Waals surface area contributed by atoms with Crippen molar-refractivity contribution < 1.29 is 9.21 Å². The maximum atomic E-state index is 12.8. The molecule has 1 saturated heterocycles. The number of aryl methyl sites for hydroxylation is 1. The molecule has 1 amide bonds. The molecule has 25 heavy (non-hydrogen) atoms. The highest BCUT2D eigenvalue weighted by atomic mass is 16.3. The highest BCUT2D eigenvalue weighted by molar-refractivity contribution is 5.95. The van der Waals surface area contributed by atoms with Gasteiger partial charge in [0, 0.05) is 25.7 Å². The highest BCUT2D eigenvalue weighted by Gasteiger charge is 2.18. The summed E-state index contributed by atoms with van der Waals surface area (Å²) in [6.45, 7) is 4.86. The van der Waals surface area contributed by atoms with E-state index >= 15 is 0 Å². The Labute approximate surface area is 147 Å². The molecule has 0 aromatic carbocycles. The van der Waals surface area contributed by atoms with Gasteiger partial charge in [0.15, 0.2) is 0 Å². The Morgan fingerprint density at radius 2 is 2.32 bits per heavy atom. The Balaban J connectivity index is 1.67. The summed E-state index contributed by atoms with van der Waals surface area (Å²) < 4.78 is 6.92. The maximum absolute atomic E-state index is 12.8. The van der Waals surface area contributed by atoms with Gasteiger partial charge in [-0.3, -0.25) is 9.59 Å². The second-order valence-corrected chi connectivity index (χ2v) is 6.63. The van der Waals surface area contributed by atoms with Crippen LogP contribution in [0.25, 0.3) is 0 Å². The first-order chi connectivity index (χ1) is 12.1. The van der Waals surface area contributed by atoms with Crippen LogP contribution in [0.2, 0.25) is 0 Å². The average molecular weight is 343 g/mol. The first kappa shape index (κ1) is 17.5. The Kier molecular flexibility index (Phi) is 5.71. The third-order valence-corrected chi connectivity index (χ3v) is 4.69. The number of hydrogen-bond donors (Lipinski definition) is 2. The molecule has 1 aliphatic rings. The predicted molar refractivity (Wildman–Crippen MR) is 95.8 cm³/mol. The van der Waals surface area contributed by atoms with E-state index in [1.165, 1.54) is 0 Å². The zero-order valence-corrected chi connectivity index (χ0v) is 14.6. The van der Waals surface area contributed by atoms with Gasteiger partial charge in [-0.2, -0.15) is 0 Å². The van der Waals surface area contributed by atoms with Crippen molar-refractivity contribution in [2.24, 2.45) is 5.92 Å². The van der Waals surface area contributed by atoms with Gasteiger partial charge < -0.3 is 19.6 Å². The number of carbonyl (C=O) groups is 1. The lowest BCUT2D eigenvalue weighted by molar-refractivity contribution is 0.0950. The van der Waals surface area contributed by atoms with E-state index in [0.717, 1.165) is 31.7 Å². The molecule has 3 heterocycles. The van der Waals surface area contributed by atoms with Crippen molar-refractivity contribution in [3.63, 3.8) is 0 Å². The van der Waals surface area contributed by atoms with E-state index in [0.29, 0.717) is 31.0 Å². The summed E-state index contributed by atoms with van der Waals surface area (Å²) in [5.41, 5.74) is 0.741. The molecule has 2 aromatic heterocycles. The quantitative estimate of drug-likeness (QED) is 0.837. The SMILES string of the molecule is Cc1ccn(CC2CCCNC2)c(=O)c1C(=O)NCCc1ccco1. The number of nitrogens with zero attached hydrogens (tertiary/aromatic N) is 1. The molecule has 0 aliphatic carbocycles. The molecule has 2 aromatic rings. The topological polar surface area (TPSA) is 76.3 Å². The molecule has 0 radical (unpaired) electrons. The lowest BCUT2D eigenvalue weighted by atomic mass is 9.99. The minimum atomic E-state index is -0.315. The monoisotopic (exact) mass is 343 g/mol. The molecular formula is C19H25N3O3. The molecule has 0 bridgehead atoms. The molecule has 6 nitrogen and oxygen atoms in total. The van der Waals surface area contributed by atoms with Crippen molar-refractivity contribution in [3.8, 4) is 0 Å². The fourth-order valence-electron chi connectivity index (χ4n) is 3.29. The number of pyridine rings is 1. The number of nitrogens with one attached hydrogen (secondary N) is 2. The number of amides is 1. The second-order valence-electron chi connectivity index (χ2n) is 6.63. The van der Waals surface area contributed by atoms with E-state index in [2.05, 4.69) is 10.6 Å². The van der Waals surface area contributed by atoms with Crippen molar-refractivity contribution in [2.45, 2.75) is 32.7 Å². The van der Waals surface area contributed by atoms with E-state index in [9.17, 15) is 9.59 Å². The summed E-state index contributed by atoms with van der Waals surface area (Å²) in [5, 5.41) is 6.19. The fraction of sp³-hybridized carbons (Fsp3) is 0.474. The van der Waals surface area contributed by atoms with Crippen LogP contribution < -0.4 is 16.2 Å². The van der Waals surface area contributed by atoms with E-state index in [1.54, 1.807) is 24.0 Å². The number of aromatic nitrogens is 1. The Bertz CT molecular complexity index is 759. The third kappa shape index (κ3) is 4.39. The van der Waals surface area contributed by atoms with Gasteiger partial charge >= 0.3 is 0 Å². The average Bonchev–Trinajstić information content (AvgIpc) is 3.12. The largest absolute Gasteiger partial charge is 0.469 e. The van der Waals surface area contributed by atoms with Crippen molar-refractivity contribution in [3.05, 3.63) is 57.9 Å². The minimum absolute atomic E-state index is 0.207. The van der Waals surface area contributed by atoms with Gasteiger partial charge in [0.1, 0.15) is 11.3 Å². The molecule has 2 N–H and O–H groups in total. The van der Waals surface area contributed by atoms with E-state index in [-0.39, 0.29) is 17.0 Å². The minimum Gasteiger partial charge on any atom is -0.469 e. The number of piperidine rings is 1. The molecule has 0 saturated carbocycles. The van der Waals surface area contributed by atoms with E-state index in [1.807, 2.05) is 18.2 Å². The Morgan fingerprint density at radius 3 is 3.04 bits per heavy atom. The van der Waals surface area contributed by atoms with Crippen molar-refractivity contribution >= 4 is 5.91 Å². The molecule has 0 spiro atoms. The number of rotatable bonds is 6. The Hall–Kier alpha value is -2.34. The van der Waals surface area contributed by atoms with E-state index < -0.39 is 0 Å². The van der Waals surface area contributed by atoms with Crippen LogP contribution >= 0.6 is 0 Å². The van der Waals surface area contributed by atoms with Gasteiger partial charge in [0.05, 0.1) is 6.26 Å². The normalized spacial score (nSPS) is 17.4. The van der Waals surface area contributed by atoms with Crippen molar-refractivity contribution in [2.75, 3.05) is 19.6 Å². The lowest BCUT2D eigenvalue weighted by Gasteiger charge is -2.23. The Morgan fingerprint density at radius 1 is 1.44 bits per heavy atom. The summed E-state index contributed by atoms with van der Waals surface area (Å²) in [4.78, 5) is 25.3. The van der Waals surface area contributed by atoms with Gasteiger partial charge in [-0.15, -0.1) is 0 Å². The van der Waals surface area contributed by atoms with Crippen LogP contribution in [0, 0.1) is 12.8 Å². The van der Waals surface area contributed by atoms with Gasteiger partial charge in [-0.1, -0.05) is 0 Å². The summed E-state index contributed by atoms with van der Waals surface area (Å²) in [6, 6.07) is 5.53. The summed E-state index contributed by atoms with van der Waals surface area (Å²) in [5.74, 6) is 0.932. The third-order valence-electron chi connectivity index (χ3n) is 4.69. The summed E-state index contributed by atoms with van der Waals surface area (Å²) in [7, 11) is 0. The highest BCUT2D eigenvalue weighted by Crippen LogP contribution is 2.12. The van der Waals surface area contributed by atoms with Crippen molar-refractivity contribution in [1.82, 2.24) is 15.2 Å². The zero-order chi connectivity index (χ0) is 17.6. The standard InChI is InChI=1S/C19H25N3O3/c1-14-7-10-22(13-15-4-2-8-20-12-15)19(24)17(14)18(23)21-9-6-16-5-3-11-25-16/h3,5,7,10-11,15,20H,2,4,6,8-9,12-13H2,1H3,(H,21,23). The number of carbonyl (C=O) groups excluding carboxylic acids is 1. The number of hydrogen-bond acceptors (Lipinski definition) is 4. The van der Waals surface area contributed by atoms with Crippen LogP contribution in [-0.4, -0.2) is 30.1 Å². The molecular weight excluding hydrogens is 318 g/mol. The van der Waals surface area contributed by atoms with Crippen molar-refractivity contribution in [1.29, 1.82) is 0 Å². The van der Waals surface area contributed by atoms with Crippen LogP contribution in [0.1, 0.15) is 34.5 Å². The lowest BCUT2D eigenvalue weighted by Crippen LogP contribution is -2.38. The van der Waals surface area contributed by atoms with Crippen LogP contribution in [0.5, 0.6) is 0 Å². The van der Waals surface area contributed by atoms with Gasteiger partial charge in [0.25, 0.3) is 11.5 Å². The molecule has 1 unspecified atom stereocenters. The van der Waals surface area contributed by atoms with Gasteiger partial charge in [-0.05, 0) is 62.5 Å². The molecule has 3 rings (SSSR count). The molecule has 1 atom stereocenters. The van der Waals surface area contributed by atoms with Crippen LogP contribution in [0.4, 0.5) is 0 Å². The molecule has 1 aliphatic heterocycles. The fourth-order valence-corrected chi connectivity index (χ4v) is 3.29. The maximum Gasteiger partial charge on any atom is 0.263 e. The smallest absolute Gasteiger partial charge is 0.263 e. The summed E-state index contributed by atoms with van der Waals surface area (Å²) >= 11 is 0. The first-order valence-corrected chi connectivity index (χ1v) is 8.86. The molecule has 6 heteroatoms. The van der Waals surface area contributed by atoms with Crippen LogP contribution in [0.15, 0.2) is 39.9 Å². The predicted octanol–water partition coefficient (Wildman–Crippen LogP) is 1.72. The van der Waals surface area contributed by atoms with E-state index in [4.69, 9.17) is 4.42 Å². The van der Waals surface area contributed by atoms with Gasteiger partial charge in [0.2, 0.25) is 0 Å². The molecule has 134 valence electrons. The number of furan rings is 1. The second kappa shape index (κ2) is 8.16. The van der Waals surface area contributed by atoms with Crippen LogP contribution in [-0.2, 0) is 13.0 Å². The van der Waals surface area contributed by atoms with Gasteiger partial charge in [-0.25, -0.2) is 0 Å². The summed E-state index contributed by atoms with van der Waals surface area (Å²) in [6.07, 6.45) is 6.25.